The standard InChI is InChI=1S/C18H27N5O2/c1-21(2)17(25)14-4-5-15(20-12-14)23-11-10-22(3)18(13-23)7-6-16(24)19-9-8-18/h4-5,12H,6-11,13H2,1-3H3,(H,19,24)/t18-/m0/s1. The van der Waals surface area contributed by atoms with Crippen molar-refractivity contribution in [2.24, 2.45) is 0 Å². The van der Waals surface area contributed by atoms with Gasteiger partial charge in [0.2, 0.25) is 5.91 Å². The molecule has 1 spiro atoms. The van der Waals surface area contributed by atoms with Crippen molar-refractivity contribution in [1.29, 1.82) is 0 Å². The SMILES string of the molecule is CN(C)C(=O)c1ccc(N2CCN(C)[C@@]3(CCNC(=O)CC3)C2)nc1. The molecule has 7 heteroatoms. The fourth-order valence-electron chi connectivity index (χ4n) is 3.75. The first-order valence-electron chi connectivity index (χ1n) is 8.82. The van der Waals surface area contributed by atoms with Crippen molar-refractivity contribution in [3.05, 3.63) is 23.9 Å². The second kappa shape index (κ2) is 7.00. The molecule has 2 aliphatic heterocycles. The van der Waals surface area contributed by atoms with Crippen LogP contribution in [0.3, 0.4) is 0 Å². The molecule has 2 saturated heterocycles. The highest BCUT2D eigenvalue weighted by Gasteiger charge is 2.41. The number of pyridine rings is 1. The van der Waals surface area contributed by atoms with Crippen LogP contribution in [0, 0.1) is 0 Å². The first kappa shape index (κ1) is 17.7. The Hall–Kier alpha value is -2.15. The molecular formula is C18H27N5O2. The number of piperazine rings is 1. The molecule has 0 bridgehead atoms. The molecule has 2 aliphatic rings. The maximum absolute atomic E-state index is 12.0. The Labute approximate surface area is 149 Å². The van der Waals surface area contributed by atoms with Crippen LogP contribution in [-0.4, -0.2) is 79.5 Å². The van der Waals surface area contributed by atoms with E-state index in [1.807, 2.05) is 12.1 Å². The molecule has 0 aliphatic carbocycles. The first-order valence-corrected chi connectivity index (χ1v) is 8.82. The smallest absolute Gasteiger partial charge is 0.254 e. The van der Waals surface area contributed by atoms with Crippen molar-refractivity contribution in [3.8, 4) is 0 Å². The topological polar surface area (TPSA) is 68.8 Å². The Morgan fingerprint density at radius 3 is 2.76 bits per heavy atom. The van der Waals surface area contributed by atoms with Gasteiger partial charge in [0, 0.05) is 58.4 Å². The zero-order valence-corrected chi connectivity index (χ0v) is 15.3. The third-order valence-corrected chi connectivity index (χ3v) is 5.46. The number of hydrogen-bond acceptors (Lipinski definition) is 5. The van der Waals surface area contributed by atoms with Gasteiger partial charge in [-0.05, 0) is 32.0 Å². The largest absolute Gasteiger partial charge is 0.356 e. The molecule has 7 nitrogen and oxygen atoms in total. The molecule has 3 heterocycles. The highest BCUT2D eigenvalue weighted by atomic mass is 16.2. The Bertz CT molecular complexity index is 645. The van der Waals surface area contributed by atoms with Crippen LogP contribution >= 0.6 is 0 Å². The van der Waals surface area contributed by atoms with Crippen molar-refractivity contribution in [3.63, 3.8) is 0 Å². The Morgan fingerprint density at radius 1 is 1.28 bits per heavy atom. The molecule has 2 fully saturated rings. The minimum atomic E-state index is -0.0396. The maximum atomic E-state index is 12.0. The van der Waals surface area contributed by atoms with Gasteiger partial charge in [0.05, 0.1) is 5.56 Å². The van der Waals surface area contributed by atoms with Crippen LogP contribution in [0.15, 0.2) is 18.3 Å². The summed E-state index contributed by atoms with van der Waals surface area (Å²) >= 11 is 0. The highest BCUT2D eigenvalue weighted by molar-refractivity contribution is 5.93. The van der Waals surface area contributed by atoms with Crippen LogP contribution in [0.25, 0.3) is 0 Å². The van der Waals surface area contributed by atoms with Gasteiger partial charge in [-0.3, -0.25) is 14.5 Å². The molecular weight excluding hydrogens is 318 g/mol. The molecule has 0 saturated carbocycles. The van der Waals surface area contributed by atoms with E-state index in [9.17, 15) is 9.59 Å². The summed E-state index contributed by atoms with van der Waals surface area (Å²) in [6.07, 6.45) is 4.04. The van der Waals surface area contributed by atoms with E-state index in [2.05, 4.69) is 27.1 Å². The molecule has 136 valence electrons. The normalized spacial score (nSPS) is 24.8. The van der Waals surface area contributed by atoms with Gasteiger partial charge >= 0.3 is 0 Å². The van der Waals surface area contributed by atoms with Gasteiger partial charge in [-0.25, -0.2) is 4.98 Å². The number of anilines is 1. The number of rotatable bonds is 2. The van der Waals surface area contributed by atoms with Gasteiger partial charge in [0.1, 0.15) is 5.82 Å². The predicted octanol–water partition coefficient (Wildman–Crippen LogP) is 0.574. The van der Waals surface area contributed by atoms with E-state index in [-0.39, 0.29) is 17.4 Å². The van der Waals surface area contributed by atoms with Gasteiger partial charge in [-0.1, -0.05) is 0 Å². The summed E-state index contributed by atoms with van der Waals surface area (Å²) in [5, 5.41) is 2.98. The average Bonchev–Trinajstić information content (AvgIpc) is 2.79. The van der Waals surface area contributed by atoms with E-state index < -0.39 is 0 Å². The zero-order chi connectivity index (χ0) is 18.0. The van der Waals surface area contributed by atoms with Crippen LogP contribution in [0.4, 0.5) is 5.82 Å². The molecule has 1 atom stereocenters. The molecule has 0 radical (unpaired) electrons. The van der Waals surface area contributed by atoms with Crippen LogP contribution in [0.2, 0.25) is 0 Å². The molecule has 3 rings (SSSR count). The third-order valence-electron chi connectivity index (χ3n) is 5.46. The molecule has 0 unspecified atom stereocenters. The van der Waals surface area contributed by atoms with E-state index in [1.165, 1.54) is 0 Å². The number of nitrogens with zero attached hydrogens (tertiary/aromatic N) is 4. The number of carbonyl (C=O) groups is 2. The van der Waals surface area contributed by atoms with Crippen molar-refractivity contribution < 1.29 is 9.59 Å². The Morgan fingerprint density at radius 2 is 2.08 bits per heavy atom. The lowest BCUT2D eigenvalue weighted by Gasteiger charge is -2.49. The molecule has 0 aromatic carbocycles. The third kappa shape index (κ3) is 3.61. The Balaban J connectivity index is 1.77. The fraction of sp³-hybridized carbons (Fsp3) is 0.611. The van der Waals surface area contributed by atoms with E-state index in [0.717, 1.165) is 44.8 Å². The number of carbonyl (C=O) groups excluding carboxylic acids is 2. The van der Waals surface area contributed by atoms with Crippen molar-refractivity contribution in [1.82, 2.24) is 20.1 Å². The second-order valence-electron chi connectivity index (χ2n) is 7.27. The highest BCUT2D eigenvalue weighted by Crippen LogP contribution is 2.32. The number of likely N-dealkylation sites (N-methyl/N-ethyl adjacent to an activating group) is 1. The number of hydrogen-bond donors (Lipinski definition) is 1. The Kier molecular flexibility index (Phi) is 4.94. The van der Waals surface area contributed by atoms with Gasteiger partial charge in [-0.15, -0.1) is 0 Å². The quantitative estimate of drug-likeness (QED) is 0.849. The van der Waals surface area contributed by atoms with Gasteiger partial charge in [0.15, 0.2) is 0 Å². The van der Waals surface area contributed by atoms with E-state index in [1.54, 1.807) is 25.2 Å². The molecule has 1 N–H and O–H groups in total. The van der Waals surface area contributed by atoms with Gasteiger partial charge < -0.3 is 15.1 Å². The van der Waals surface area contributed by atoms with Gasteiger partial charge in [0.25, 0.3) is 5.91 Å². The molecule has 25 heavy (non-hydrogen) atoms. The minimum absolute atomic E-state index is 0.00276. The molecule has 2 amide bonds. The molecule has 1 aromatic rings. The summed E-state index contributed by atoms with van der Waals surface area (Å²) in [6, 6.07) is 3.77. The monoisotopic (exact) mass is 345 g/mol. The van der Waals surface area contributed by atoms with Crippen molar-refractivity contribution >= 4 is 17.6 Å². The van der Waals surface area contributed by atoms with Crippen molar-refractivity contribution in [2.45, 2.75) is 24.8 Å². The lowest BCUT2D eigenvalue weighted by atomic mass is 9.86. The summed E-state index contributed by atoms with van der Waals surface area (Å²) < 4.78 is 0. The van der Waals surface area contributed by atoms with E-state index >= 15 is 0 Å². The van der Waals surface area contributed by atoms with Crippen LogP contribution < -0.4 is 10.2 Å². The minimum Gasteiger partial charge on any atom is -0.356 e. The second-order valence-corrected chi connectivity index (χ2v) is 7.27. The lowest BCUT2D eigenvalue weighted by Crippen LogP contribution is -2.61. The summed E-state index contributed by atoms with van der Waals surface area (Å²) in [7, 11) is 5.63. The van der Waals surface area contributed by atoms with E-state index in [0.29, 0.717) is 12.0 Å². The summed E-state index contributed by atoms with van der Waals surface area (Å²) in [5.41, 5.74) is 0.596. The van der Waals surface area contributed by atoms with Gasteiger partial charge in [-0.2, -0.15) is 0 Å². The zero-order valence-electron chi connectivity index (χ0n) is 15.3. The van der Waals surface area contributed by atoms with Crippen molar-refractivity contribution in [2.75, 3.05) is 52.2 Å². The first-order chi connectivity index (χ1) is 11.9. The van der Waals surface area contributed by atoms with Crippen LogP contribution in [0.5, 0.6) is 0 Å². The van der Waals surface area contributed by atoms with Crippen LogP contribution in [0.1, 0.15) is 29.6 Å². The number of aromatic nitrogens is 1. The van der Waals surface area contributed by atoms with Crippen LogP contribution in [-0.2, 0) is 4.79 Å². The number of amides is 2. The lowest BCUT2D eigenvalue weighted by molar-refractivity contribution is -0.120. The molecule has 1 aromatic heterocycles. The summed E-state index contributed by atoms with van der Waals surface area (Å²) in [5.74, 6) is 1.00. The average molecular weight is 345 g/mol. The predicted molar refractivity (Wildman–Crippen MR) is 96.7 cm³/mol. The summed E-state index contributed by atoms with van der Waals surface area (Å²) in [6.45, 7) is 3.41. The summed E-state index contributed by atoms with van der Waals surface area (Å²) in [4.78, 5) is 34.5. The maximum Gasteiger partial charge on any atom is 0.254 e. The van der Waals surface area contributed by atoms with E-state index in [4.69, 9.17) is 0 Å². The fourth-order valence-corrected chi connectivity index (χ4v) is 3.75. The number of nitrogens with one attached hydrogen (secondary N) is 1.